The molecule has 0 aromatic carbocycles. The number of nitrogens with zero attached hydrogens (tertiary/aromatic N) is 2. The van der Waals surface area contributed by atoms with E-state index in [4.69, 9.17) is 5.73 Å². The summed E-state index contributed by atoms with van der Waals surface area (Å²) in [7, 11) is 0. The summed E-state index contributed by atoms with van der Waals surface area (Å²) >= 11 is 1.67. The number of nitrogens with two attached hydrogens (primary N) is 1. The summed E-state index contributed by atoms with van der Waals surface area (Å²) in [6.45, 7) is 2.76. The molecule has 1 amide bonds. The van der Waals surface area contributed by atoms with Crippen LogP contribution in [0.25, 0.3) is 0 Å². The highest BCUT2D eigenvalue weighted by Crippen LogP contribution is 2.25. The van der Waals surface area contributed by atoms with Crippen LogP contribution in [-0.2, 0) is 11.3 Å². The van der Waals surface area contributed by atoms with Gasteiger partial charge in [0.25, 0.3) is 0 Å². The summed E-state index contributed by atoms with van der Waals surface area (Å²) < 4.78 is 0. The molecular formula is C14H22N4OS. The third-order valence-corrected chi connectivity index (χ3v) is 5.15. The Bertz CT molecular complexity index is 469. The first-order valence-corrected chi connectivity index (χ1v) is 8.33. The van der Waals surface area contributed by atoms with Crippen molar-refractivity contribution in [2.45, 2.75) is 44.7 Å². The number of amides is 1. The molecule has 3 N–H and O–H groups in total. The van der Waals surface area contributed by atoms with Crippen molar-refractivity contribution < 1.29 is 4.79 Å². The first-order valence-electron chi connectivity index (χ1n) is 7.45. The molecule has 20 heavy (non-hydrogen) atoms. The highest BCUT2D eigenvalue weighted by atomic mass is 32.1. The van der Waals surface area contributed by atoms with Gasteiger partial charge in [0, 0.05) is 30.4 Å². The lowest BCUT2D eigenvalue weighted by molar-refractivity contribution is -0.125. The third kappa shape index (κ3) is 3.12. The molecule has 1 aliphatic carbocycles. The van der Waals surface area contributed by atoms with Gasteiger partial charge in [-0.15, -0.1) is 11.3 Å². The van der Waals surface area contributed by atoms with Crippen LogP contribution in [0.1, 0.15) is 37.8 Å². The Kier molecular flexibility index (Phi) is 4.21. The van der Waals surface area contributed by atoms with Gasteiger partial charge in [0.05, 0.1) is 12.2 Å². The van der Waals surface area contributed by atoms with Crippen molar-refractivity contribution >= 4 is 22.4 Å². The second kappa shape index (κ2) is 6.10. The maximum absolute atomic E-state index is 12.0. The van der Waals surface area contributed by atoms with Crippen molar-refractivity contribution in [1.82, 2.24) is 10.3 Å². The Hall–Kier alpha value is -1.14. The minimum atomic E-state index is 0.0988. The highest BCUT2D eigenvalue weighted by Gasteiger charge is 2.27. The lowest BCUT2D eigenvalue weighted by Crippen LogP contribution is -2.30. The SMILES string of the molecule is N[C@H]1CC[C@@H](C(=O)NCc2csc(N3CCCC3)n2)C1. The van der Waals surface area contributed by atoms with Gasteiger partial charge in [-0.2, -0.15) is 0 Å². The fraction of sp³-hybridized carbons (Fsp3) is 0.714. The smallest absolute Gasteiger partial charge is 0.223 e. The predicted octanol–water partition coefficient (Wildman–Crippen LogP) is 1.49. The van der Waals surface area contributed by atoms with E-state index in [0.717, 1.165) is 43.2 Å². The fourth-order valence-corrected chi connectivity index (χ4v) is 3.89. The minimum absolute atomic E-state index is 0.0988. The average Bonchev–Trinajstić information content (AvgIpc) is 3.16. The quantitative estimate of drug-likeness (QED) is 0.882. The molecule has 0 bridgehead atoms. The maximum atomic E-state index is 12.0. The summed E-state index contributed by atoms with van der Waals surface area (Å²) in [6, 6.07) is 0.201. The molecule has 2 fully saturated rings. The Morgan fingerprint density at radius 1 is 1.45 bits per heavy atom. The van der Waals surface area contributed by atoms with E-state index >= 15 is 0 Å². The first kappa shape index (κ1) is 13.8. The summed E-state index contributed by atoms with van der Waals surface area (Å²) in [5, 5.41) is 6.14. The monoisotopic (exact) mass is 294 g/mol. The number of aromatic nitrogens is 1. The van der Waals surface area contributed by atoms with Crippen LogP contribution in [0.15, 0.2) is 5.38 Å². The number of carbonyl (C=O) groups is 1. The zero-order chi connectivity index (χ0) is 13.9. The number of carbonyl (C=O) groups excluding carboxylic acids is 1. The van der Waals surface area contributed by atoms with Crippen LogP contribution in [0.3, 0.4) is 0 Å². The zero-order valence-corrected chi connectivity index (χ0v) is 12.5. The van der Waals surface area contributed by atoms with Crippen LogP contribution in [0.4, 0.5) is 5.13 Å². The van der Waals surface area contributed by atoms with Gasteiger partial charge < -0.3 is 16.0 Å². The molecule has 1 aliphatic heterocycles. The van der Waals surface area contributed by atoms with Crippen LogP contribution < -0.4 is 16.0 Å². The van der Waals surface area contributed by atoms with Crippen LogP contribution in [0.5, 0.6) is 0 Å². The summed E-state index contributed by atoms with van der Waals surface area (Å²) in [4.78, 5) is 19.0. The predicted molar refractivity (Wildman–Crippen MR) is 80.7 cm³/mol. The lowest BCUT2D eigenvalue weighted by Gasteiger charge is -2.12. The Morgan fingerprint density at radius 2 is 2.25 bits per heavy atom. The molecule has 1 saturated heterocycles. The van der Waals surface area contributed by atoms with Gasteiger partial charge >= 0.3 is 0 Å². The molecule has 2 atom stereocenters. The molecule has 1 aromatic rings. The lowest BCUT2D eigenvalue weighted by atomic mass is 10.1. The molecule has 5 nitrogen and oxygen atoms in total. The van der Waals surface area contributed by atoms with E-state index in [9.17, 15) is 4.79 Å². The minimum Gasteiger partial charge on any atom is -0.350 e. The van der Waals surface area contributed by atoms with Gasteiger partial charge in [-0.05, 0) is 32.1 Å². The second-order valence-corrected chi connectivity index (χ2v) is 6.64. The number of rotatable bonds is 4. The van der Waals surface area contributed by atoms with E-state index in [1.807, 2.05) is 5.38 Å². The number of anilines is 1. The van der Waals surface area contributed by atoms with Gasteiger partial charge in [0.15, 0.2) is 5.13 Å². The van der Waals surface area contributed by atoms with E-state index in [1.54, 1.807) is 11.3 Å². The van der Waals surface area contributed by atoms with Crippen LogP contribution >= 0.6 is 11.3 Å². The fourth-order valence-electron chi connectivity index (χ4n) is 3.01. The third-order valence-electron chi connectivity index (χ3n) is 4.20. The summed E-state index contributed by atoms with van der Waals surface area (Å²) in [6.07, 6.45) is 5.22. The Morgan fingerprint density at radius 3 is 2.95 bits per heavy atom. The molecular weight excluding hydrogens is 272 g/mol. The van der Waals surface area contributed by atoms with Crippen LogP contribution in [0.2, 0.25) is 0 Å². The number of thiazole rings is 1. The van der Waals surface area contributed by atoms with E-state index < -0.39 is 0 Å². The molecule has 2 heterocycles. The summed E-state index contributed by atoms with van der Waals surface area (Å²) in [5.41, 5.74) is 6.81. The van der Waals surface area contributed by atoms with Gasteiger partial charge in [0.2, 0.25) is 5.91 Å². The Labute approximate surface area is 123 Å². The molecule has 0 spiro atoms. The first-order chi connectivity index (χ1) is 9.72. The number of hydrogen-bond acceptors (Lipinski definition) is 5. The molecule has 1 saturated carbocycles. The van der Waals surface area contributed by atoms with Gasteiger partial charge in [-0.1, -0.05) is 0 Å². The van der Waals surface area contributed by atoms with E-state index in [2.05, 4.69) is 15.2 Å². The molecule has 110 valence electrons. The molecule has 0 unspecified atom stereocenters. The molecule has 2 aliphatic rings. The standard InChI is InChI=1S/C14H22N4OS/c15-11-4-3-10(7-11)13(19)16-8-12-9-20-14(17-12)18-5-1-2-6-18/h9-11H,1-8,15H2,(H,16,19)/t10-,11+/m1/s1. The Balaban J connectivity index is 1.49. The van der Waals surface area contributed by atoms with Crippen molar-refractivity contribution in [1.29, 1.82) is 0 Å². The van der Waals surface area contributed by atoms with Gasteiger partial charge in [0.1, 0.15) is 0 Å². The van der Waals surface area contributed by atoms with Gasteiger partial charge in [-0.25, -0.2) is 4.98 Å². The molecule has 3 rings (SSSR count). The van der Waals surface area contributed by atoms with E-state index in [1.165, 1.54) is 12.8 Å². The largest absolute Gasteiger partial charge is 0.350 e. The van der Waals surface area contributed by atoms with Crippen molar-refractivity contribution in [2.24, 2.45) is 11.7 Å². The highest BCUT2D eigenvalue weighted by molar-refractivity contribution is 7.13. The molecule has 1 aromatic heterocycles. The zero-order valence-electron chi connectivity index (χ0n) is 11.7. The number of hydrogen-bond donors (Lipinski definition) is 2. The summed E-state index contributed by atoms with van der Waals surface area (Å²) in [5.74, 6) is 0.232. The van der Waals surface area contributed by atoms with E-state index in [0.29, 0.717) is 6.54 Å². The maximum Gasteiger partial charge on any atom is 0.223 e. The van der Waals surface area contributed by atoms with Crippen molar-refractivity contribution in [2.75, 3.05) is 18.0 Å². The van der Waals surface area contributed by atoms with Crippen LogP contribution in [0, 0.1) is 5.92 Å². The normalized spacial score (nSPS) is 26.1. The van der Waals surface area contributed by atoms with Crippen LogP contribution in [-0.4, -0.2) is 30.0 Å². The number of nitrogens with one attached hydrogen (secondary N) is 1. The van der Waals surface area contributed by atoms with Crippen molar-refractivity contribution in [3.63, 3.8) is 0 Å². The van der Waals surface area contributed by atoms with E-state index in [-0.39, 0.29) is 17.9 Å². The van der Waals surface area contributed by atoms with Crippen molar-refractivity contribution in [3.8, 4) is 0 Å². The molecule has 6 heteroatoms. The van der Waals surface area contributed by atoms with Crippen molar-refractivity contribution in [3.05, 3.63) is 11.1 Å². The average molecular weight is 294 g/mol. The topological polar surface area (TPSA) is 71.2 Å². The van der Waals surface area contributed by atoms with Gasteiger partial charge in [-0.3, -0.25) is 4.79 Å². The molecule has 0 radical (unpaired) electrons. The second-order valence-electron chi connectivity index (χ2n) is 5.80.